The Hall–Kier alpha value is 2.03. The summed E-state index contributed by atoms with van der Waals surface area (Å²) in [6, 6.07) is 0. The third-order valence-corrected chi connectivity index (χ3v) is 0. The van der Waals surface area contributed by atoms with Gasteiger partial charge in [0.2, 0.25) is 0 Å². The molecule has 4 heavy (non-hydrogen) atoms. The van der Waals surface area contributed by atoms with Gasteiger partial charge in [0.15, 0.2) is 0 Å². The summed E-state index contributed by atoms with van der Waals surface area (Å²) in [4.78, 5) is 0. The van der Waals surface area contributed by atoms with E-state index in [0.29, 0.717) is 0 Å². The second-order valence-electron chi connectivity index (χ2n) is 0. The van der Waals surface area contributed by atoms with Crippen molar-refractivity contribution in [2.24, 2.45) is 0 Å². The second kappa shape index (κ2) is 19.8. The Morgan fingerprint density at radius 2 is 1.00 bits per heavy atom. The van der Waals surface area contributed by atoms with Crippen molar-refractivity contribution < 1.29 is 33.6 Å². The van der Waals surface area contributed by atoms with Gasteiger partial charge in [-0.05, 0) is 11.0 Å². The van der Waals surface area contributed by atoms with Crippen LogP contribution in [0.2, 0.25) is 0 Å². The molecule has 0 saturated heterocycles. The van der Waals surface area contributed by atoms with E-state index < -0.39 is 0 Å². The van der Waals surface area contributed by atoms with E-state index in [1.54, 1.807) is 0 Å². The maximum atomic E-state index is 0. The molecular formula is H5CuNiSiSn. The quantitative estimate of drug-likeness (QED) is 0.444. The summed E-state index contributed by atoms with van der Waals surface area (Å²) in [5.41, 5.74) is 0. The van der Waals surface area contributed by atoms with Gasteiger partial charge >= 0.3 is 23.9 Å². The standard InChI is InChI=1S/Cu.Ni.H3Si.Sn.2H/h;;1H3;;;. The van der Waals surface area contributed by atoms with Crippen LogP contribution in [0.1, 0.15) is 0 Å². The first-order valence-electron chi connectivity index (χ1n) is 0. The van der Waals surface area contributed by atoms with Gasteiger partial charge in [-0.2, -0.15) is 0 Å². The molecule has 0 aliphatic heterocycles. The van der Waals surface area contributed by atoms with E-state index in [-0.39, 0.29) is 68.4 Å². The molecule has 0 aromatic carbocycles. The summed E-state index contributed by atoms with van der Waals surface area (Å²) in [7, 11) is 0. The normalized spacial score (nSPS) is 0. The van der Waals surface area contributed by atoms with Gasteiger partial charge in [-0.3, -0.25) is 0 Å². The molecule has 0 aliphatic rings. The van der Waals surface area contributed by atoms with Crippen LogP contribution in [0.4, 0.5) is 0 Å². The van der Waals surface area contributed by atoms with Crippen molar-refractivity contribution in [2.75, 3.05) is 0 Å². The van der Waals surface area contributed by atoms with Crippen LogP contribution in [-0.2, 0) is 33.6 Å². The van der Waals surface area contributed by atoms with Crippen LogP contribution in [-0.4, -0.2) is 34.9 Å². The van der Waals surface area contributed by atoms with Gasteiger partial charge in [-0.1, -0.05) is 0 Å². The van der Waals surface area contributed by atoms with Crippen LogP contribution < -0.4 is 0 Å². The molecule has 0 bridgehead atoms. The molecule has 0 unspecified atom stereocenters. The van der Waals surface area contributed by atoms with Crippen molar-refractivity contribution in [3.05, 3.63) is 0 Å². The molecule has 0 spiro atoms. The predicted molar refractivity (Wildman–Crippen MR) is 18.5 cm³/mol. The van der Waals surface area contributed by atoms with Gasteiger partial charge in [0.05, 0.1) is 0 Å². The van der Waals surface area contributed by atoms with Gasteiger partial charge in [-0.25, -0.2) is 0 Å². The fourth-order valence-electron chi connectivity index (χ4n) is 0. The molecule has 0 saturated carbocycles. The molecule has 0 aromatic rings. The van der Waals surface area contributed by atoms with E-state index in [1.165, 1.54) is 0 Å². The van der Waals surface area contributed by atoms with Gasteiger partial charge in [-0.15, -0.1) is 0 Å². The zero-order valence-corrected chi connectivity index (χ0v) is 10.3. The maximum absolute atomic E-state index is 0. The minimum absolute atomic E-state index is 0. The first-order chi connectivity index (χ1) is 0. The second-order valence-corrected chi connectivity index (χ2v) is 0. The molecule has 0 nitrogen and oxygen atoms in total. The van der Waals surface area contributed by atoms with Crippen LogP contribution in [0.25, 0.3) is 0 Å². The van der Waals surface area contributed by atoms with E-state index >= 15 is 0 Å². The van der Waals surface area contributed by atoms with Crippen molar-refractivity contribution in [1.82, 2.24) is 0 Å². The molecule has 0 aromatic heterocycles. The molecule has 0 heterocycles. The van der Waals surface area contributed by atoms with Crippen molar-refractivity contribution >= 4 is 34.9 Å². The van der Waals surface area contributed by atoms with Crippen LogP contribution in [0.3, 0.4) is 0 Å². The molecule has 34 valence electrons. The van der Waals surface area contributed by atoms with Gasteiger partial charge in [0.1, 0.15) is 0 Å². The molecule has 0 aliphatic carbocycles. The number of rotatable bonds is 0. The van der Waals surface area contributed by atoms with Gasteiger partial charge in [0.25, 0.3) is 0 Å². The zero-order chi connectivity index (χ0) is 0. The van der Waals surface area contributed by atoms with Crippen molar-refractivity contribution in [3.63, 3.8) is 0 Å². The van der Waals surface area contributed by atoms with Crippen LogP contribution in [0.15, 0.2) is 0 Å². The first kappa shape index (κ1) is 37.0. The van der Waals surface area contributed by atoms with Crippen LogP contribution in [0.5, 0.6) is 0 Å². The SMILES string of the molecule is [Cu].[Ni].[SiH3].[SnH2]. The van der Waals surface area contributed by atoms with Crippen molar-refractivity contribution in [2.45, 2.75) is 0 Å². The monoisotopic (exact) mass is 274 g/mol. The van der Waals surface area contributed by atoms with E-state index in [2.05, 4.69) is 0 Å². The van der Waals surface area contributed by atoms with Crippen molar-refractivity contribution in [3.8, 4) is 0 Å². The Labute approximate surface area is 67.9 Å². The number of hydrogen-bond donors (Lipinski definition) is 0. The van der Waals surface area contributed by atoms with Crippen LogP contribution in [0, 0.1) is 0 Å². The molecule has 0 N–H and O–H groups in total. The minimum atomic E-state index is 0. The Kier molecular flexibility index (Phi) is 184. The average Bonchev–Trinajstić information content (AvgIpc) is 0. The van der Waals surface area contributed by atoms with Crippen molar-refractivity contribution in [1.29, 1.82) is 0 Å². The summed E-state index contributed by atoms with van der Waals surface area (Å²) in [5.74, 6) is 0. The summed E-state index contributed by atoms with van der Waals surface area (Å²) >= 11 is 0. The molecule has 0 rings (SSSR count). The number of hydrogen-bond acceptors (Lipinski definition) is 0. The Balaban J connectivity index is 0. The predicted octanol–water partition coefficient (Wildman–Crippen LogP) is -2.11. The zero-order valence-electron chi connectivity index (χ0n) is 2.32. The van der Waals surface area contributed by atoms with E-state index in [9.17, 15) is 0 Å². The average molecular weight is 274 g/mol. The van der Waals surface area contributed by atoms with Gasteiger partial charge in [0, 0.05) is 33.6 Å². The third-order valence-electron chi connectivity index (χ3n) is 0. The summed E-state index contributed by atoms with van der Waals surface area (Å²) in [6.45, 7) is 0. The Bertz CT molecular complexity index is 8.00. The van der Waals surface area contributed by atoms with E-state index in [0.717, 1.165) is 0 Å². The molecule has 4 heteroatoms. The fraction of sp³-hybridized carbons (Fsp3) is 0. The fourth-order valence-corrected chi connectivity index (χ4v) is 0. The van der Waals surface area contributed by atoms with Gasteiger partial charge < -0.3 is 0 Å². The molecule has 0 fully saturated rings. The molecule has 0 amide bonds. The van der Waals surface area contributed by atoms with E-state index in [1.807, 2.05) is 0 Å². The topological polar surface area (TPSA) is 0 Å². The summed E-state index contributed by atoms with van der Waals surface area (Å²) in [6.07, 6.45) is 0. The molecule has 0 atom stereocenters. The van der Waals surface area contributed by atoms with E-state index in [4.69, 9.17) is 0 Å². The first-order valence-corrected chi connectivity index (χ1v) is 0. The molecular weight excluding hydrogens is 269 g/mol. The third kappa shape index (κ3) is 8.98. The molecule has 4 radical (unpaired) electrons. The summed E-state index contributed by atoms with van der Waals surface area (Å²) in [5, 5.41) is 0. The summed E-state index contributed by atoms with van der Waals surface area (Å²) < 4.78 is 0. The van der Waals surface area contributed by atoms with Crippen LogP contribution >= 0.6 is 0 Å². The Morgan fingerprint density at radius 1 is 1.00 bits per heavy atom. The Morgan fingerprint density at radius 3 is 1.00 bits per heavy atom.